The van der Waals surface area contributed by atoms with Gasteiger partial charge in [0.1, 0.15) is 0 Å². The molecule has 17 aliphatic heterocycles. The number of morpholine rings is 1. The Kier molecular flexibility index (Phi) is 77.5. The Bertz CT molecular complexity index is 2380. The summed E-state index contributed by atoms with van der Waals surface area (Å²) in [7, 11) is 39.5. The van der Waals surface area contributed by atoms with Crippen molar-refractivity contribution in [3.05, 3.63) is 0 Å². The second kappa shape index (κ2) is 79.2. The first-order valence-corrected chi connectivity index (χ1v) is 55.5. The normalized spacial score (nSPS) is 29.0. The number of hydrogen-bond donors (Lipinski definition) is 1. The van der Waals surface area contributed by atoms with E-state index in [2.05, 4.69) is 300 Å². The van der Waals surface area contributed by atoms with Crippen molar-refractivity contribution in [3.63, 3.8) is 0 Å². The van der Waals surface area contributed by atoms with Gasteiger partial charge in [-0.15, -0.1) is 0 Å². The minimum atomic E-state index is 0. The highest BCUT2D eigenvalue weighted by atomic mass is 16.5. The van der Waals surface area contributed by atoms with E-state index in [1.165, 1.54) is 429 Å². The molecule has 17 saturated heterocycles. The van der Waals surface area contributed by atoms with Crippen LogP contribution in [0.15, 0.2) is 0 Å². The van der Waals surface area contributed by atoms with E-state index in [0.717, 1.165) is 80.2 Å². The Morgan fingerprint density at radius 1 is 0.206 bits per heavy atom. The maximum absolute atomic E-state index is 5.10. The SMILES string of the molecule is C.C.C.C.CC(C)N1CCN(C)CC1.CC1CC(C)CN(C)C1.CC1CCN(C)CC1.CC1CCNCC1.CC1CN(C)CC(C)N1C.CN1CCCCC1.CN1CCCCCC1.CN1CCN(C)CC1.CN1CCN(C)CC1.CN1CCN(C)CC1.CN1CCN(C2CC2)CC1.CN1CCN(C2CCC2)CC1.CN1CCN2CCCC2C1.CN1CCN2CCCCC2C1.CN1CCOCC1. The van der Waals surface area contributed by atoms with Gasteiger partial charge in [-0.05, 0) is 353 Å². The Balaban J connectivity index is 0.000000729. The summed E-state index contributed by atoms with van der Waals surface area (Å²) in [5, 5.41) is 3.32. The van der Waals surface area contributed by atoms with E-state index >= 15 is 0 Å². The number of likely N-dealkylation sites (N-methyl/N-ethyl adjacent to an activating group) is 14. The zero-order valence-electron chi connectivity index (χ0n) is 93.0. The third kappa shape index (κ3) is 64.2. The molecule has 6 atom stereocenters. The van der Waals surface area contributed by atoms with Crippen LogP contribution in [-0.4, -0.2) is 596 Å². The molecule has 2 aliphatic carbocycles. The summed E-state index contributed by atoms with van der Waals surface area (Å²) in [4.78, 5) is 56.2. The van der Waals surface area contributed by atoms with Crippen molar-refractivity contribution in [1.29, 1.82) is 0 Å². The quantitative estimate of drug-likeness (QED) is 0.290. The topological polar surface area (TPSA) is 95.8 Å². The Hall–Kier alpha value is -1.00. The van der Waals surface area contributed by atoms with E-state index in [-0.39, 0.29) is 29.7 Å². The summed E-state index contributed by atoms with van der Waals surface area (Å²) in [6.45, 7) is 78.4. The fourth-order valence-electron chi connectivity index (χ4n) is 20.8. The van der Waals surface area contributed by atoms with Crippen LogP contribution in [0.5, 0.6) is 0 Å². The molecular weight excluding hydrogens is 1690 g/mol. The van der Waals surface area contributed by atoms with Crippen molar-refractivity contribution in [2.24, 2.45) is 23.7 Å². The average molecular weight is 1930 g/mol. The standard InChI is InChI=1S/2C9H18N2.2C8H16N2.2C8H18N2.C8H17N.2C7H15N.3C6H14N2.2C6H13N.C5H11NO.4CH4/c1-10-5-7-11(8-6-10)9-3-2-4-9;1-10-6-7-11-5-3-2-4-9(11)8-10;1-9-4-6-10(7-5-9)8-2-3-8;1-9-5-6-10-4-2-3-8(10)7-9;1-7-5-9(3)6-8(2)10(7)4;1-8(2)10-6-4-9(3)5-7-10;1-7-4-8(2)6-9(3)5-7;1-7-3-5-8(2)6-4-7;1-8-6-4-2-3-5-7-8;3*1-7-3-5-8(2)6-4-7;1-6-2-4-7-5-3-6;1-7-5-3-2-4-6-7;1-6-2-4-7-5-3-6;;;;/h2*9H,2-8H2,1H3;2*8H,2-7H2,1H3;7-8H,5-6H2,1-4H3;8H,4-7H2,1-3H3;7-8H,4-6H2,1-3H3;7H,3-6H2,1-2H3;2-7H2,1H3;3*3-6H2,1-2H3;6-7H,2-5H2,1H3;2-6H2,1H3;2-5H2,1H3;4*1H4. The number of hydrogen-bond acceptors (Lipinski definition) is 25. The summed E-state index contributed by atoms with van der Waals surface area (Å²) in [6.07, 6.45) is 31.5. The van der Waals surface area contributed by atoms with Crippen molar-refractivity contribution in [2.45, 2.75) is 269 Å². The predicted octanol–water partition coefficient (Wildman–Crippen LogP) is 12.3. The molecule has 136 heavy (non-hydrogen) atoms. The van der Waals surface area contributed by atoms with E-state index in [1.54, 1.807) is 0 Å². The summed E-state index contributed by atoms with van der Waals surface area (Å²) >= 11 is 0. The Morgan fingerprint density at radius 2 is 0.471 bits per heavy atom. The highest BCUT2D eigenvalue weighted by Crippen LogP contribution is 2.29. The third-order valence-corrected chi connectivity index (χ3v) is 31.9. The van der Waals surface area contributed by atoms with Gasteiger partial charge in [-0.3, -0.25) is 29.4 Å². The highest BCUT2D eigenvalue weighted by molar-refractivity contribution is 4.90. The van der Waals surface area contributed by atoms with Crippen LogP contribution in [0.2, 0.25) is 0 Å². The number of rotatable bonds is 3. The molecule has 0 bridgehead atoms. The molecule has 19 aliphatic rings. The third-order valence-electron chi connectivity index (χ3n) is 31.9. The smallest absolute Gasteiger partial charge is 0.0594 e. The predicted molar refractivity (Wildman–Crippen MR) is 601 cm³/mol. The zero-order chi connectivity index (χ0) is 96.5. The lowest BCUT2D eigenvalue weighted by Crippen LogP contribution is -2.53. The summed E-state index contributed by atoms with van der Waals surface area (Å²) < 4.78 is 5.10. The molecular formula is C111H246N24O. The number of nitrogens with one attached hydrogen (secondary N) is 1. The lowest BCUT2D eigenvalue weighted by molar-refractivity contribution is 0.0503. The van der Waals surface area contributed by atoms with Gasteiger partial charge < -0.3 is 93.4 Å². The molecule has 2 saturated carbocycles. The van der Waals surface area contributed by atoms with Crippen LogP contribution in [-0.2, 0) is 4.74 Å². The van der Waals surface area contributed by atoms with Crippen LogP contribution < -0.4 is 5.32 Å². The highest BCUT2D eigenvalue weighted by Gasteiger charge is 2.33. The van der Waals surface area contributed by atoms with Gasteiger partial charge in [0.05, 0.1) is 13.2 Å². The molecule has 0 aromatic rings. The van der Waals surface area contributed by atoms with Crippen LogP contribution in [0, 0.1) is 23.7 Å². The van der Waals surface area contributed by atoms with E-state index in [4.69, 9.17) is 4.74 Å². The lowest BCUT2D eigenvalue weighted by Gasteiger charge is -2.42. The second-order valence-electron chi connectivity index (χ2n) is 46.0. The van der Waals surface area contributed by atoms with Crippen molar-refractivity contribution >= 4 is 0 Å². The van der Waals surface area contributed by atoms with Crippen molar-refractivity contribution in [2.75, 3.05) is 441 Å². The number of fused-ring (bicyclic) bond motifs is 2. The van der Waals surface area contributed by atoms with E-state index in [0.29, 0.717) is 12.1 Å². The van der Waals surface area contributed by atoms with Gasteiger partial charge in [0, 0.05) is 278 Å². The van der Waals surface area contributed by atoms with Gasteiger partial charge >= 0.3 is 0 Å². The minimum Gasteiger partial charge on any atom is -0.379 e. The van der Waals surface area contributed by atoms with E-state index in [1.807, 2.05) is 0 Å². The molecule has 0 radical (unpaired) electrons. The molecule has 816 valence electrons. The molecule has 0 spiro atoms. The molecule has 19 fully saturated rings. The van der Waals surface area contributed by atoms with Gasteiger partial charge in [-0.25, -0.2) is 0 Å². The summed E-state index contributed by atoms with van der Waals surface area (Å²) in [5.74, 6) is 3.78. The van der Waals surface area contributed by atoms with Crippen molar-refractivity contribution in [1.82, 2.24) is 118 Å². The Labute approximate surface area is 851 Å². The lowest BCUT2D eigenvalue weighted by atomic mass is 9.91. The fourth-order valence-corrected chi connectivity index (χ4v) is 20.8. The van der Waals surface area contributed by atoms with E-state index < -0.39 is 0 Å². The molecule has 25 heteroatoms. The fraction of sp³-hybridized carbons (Fsp3) is 1.00. The van der Waals surface area contributed by atoms with E-state index in [9.17, 15) is 0 Å². The van der Waals surface area contributed by atoms with Crippen molar-refractivity contribution in [3.8, 4) is 0 Å². The van der Waals surface area contributed by atoms with Gasteiger partial charge in [0.15, 0.2) is 0 Å². The molecule has 0 amide bonds. The molecule has 19 rings (SSSR count). The van der Waals surface area contributed by atoms with Gasteiger partial charge in [-0.1, -0.05) is 89.5 Å². The molecule has 17 heterocycles. The zero-order valence-corrected chi connectivity index (χ0v) is 93.0. The molecule has 1 N–H and O–H groups in total. The number of piperidine rings is 5. The first-order chi connectivity index (χ1) is 63.2. The van der Waals surface area contributed by atoms with Gasteiger partial charge in [0.2, 0.25) is 0 Å². The number of likely N-dealkylation sites (tertiary alicyclic amines) is 4. The van der Waals surface area contributed by atoms with Gasteiger partial charge in [0.25, 0.3) is 0 Å². The second-order valence-corrected chi connectivity index (χ2v) is 46.0. The maximum Gasteiger partial charge on any atom is 0.0594 e. The summed E-state index contributed by atoms with van der Waals surface area (Å²) in [5.41, 5.74) is 0. The monoisotopic (exact) mass is 1930 g/mol. The summed E-state index contributed by atoms with van der Waals surface area (Å²) in [6, 6.07) is 5.90. The molecule has 25 nitrogen and oxygen atoms in total. The molecule has 6 unspecified atom stereocenters. The first-order valence-electron chi connectivity index (χ1n) is 55.5. The number of nitrogens with zero attached hydrogens (tertiary/aromatic N) is 23. The number of piperazine rings is 9. The largest absolute Gasteiger partial charge is 0.379 e. The minimum absolute atomic E-state index is 0. The van der Waals surface area contributed by atoms with Crippen LogP contribution in [0.25, 0.3) is 0 Å². The maximum atomic E-state index is 5.10. The first kappa shape index (κ1) is 133. The van der Waals surface area contributed by atoms with Gasteiger partial charge in [-0.2, -0.15) is 0 Å². The number of ether oxygens (including phenoxy) is 1. The Morgan fingerprint density at radius 3 is 0.772 bits per heavy atom. The average Bonchev–Trinajstić information content (AvgIpc) is 1.85. The van der Waals surface area contributed by atoms with Crippen LogP contribution in [0.1, 0.15) is 226 Å². The van der Waals surface area contributed by atoms with Crippen molar-refractivity contribution < 1.29 is 4.74 Å². The molecule has 0 aromatic carbocycles. The van der Waals surface area contributed by atoms with Crippen LogP contribution >= 0.6 is 0 Å². The van der Waals surface area contributed by atoms with Crippen LogP contribution in [0.3, 0.4) is 0 Å². The van der Waals surface area contributed by atoms with Crippen LogP contribution in [0.4, 0.5) is 0 Å². The molecule has 0 aromatic heterocycles.